The first kappa shape index (κ1) is 10.5. The molecule has 0 saturated carbocycles. The molecule has 1 atom stereocenters. The Labute approximate surface area is 93.4 Å². The van der Waals surface area contributed by atoms with Crippen molar-refractivity contribution in [1.29, 1.82) is 0 Å². The summed E-state index contributed by atoms with van der Waals surface area (Å²) in [7, 11) is 0. The van der Waals surface area contributed by atoms with Gasteiger partial charge >= 0.3 is 0 Å². The van der Waals surface area contributed by atoms with E-state index in [1.54, 1.807) is 24.3 Å². The number of hydrogen-bond acceptors (Lipinski definition) is 2. The van der Waals surface area contributed by atoms with Crippen LogP contribution in [0.5, 0.6) is 0 Å². The van der Waals surface area contributed by atoms with Crippen LogP contribution in [0.2, 0.25) is 5.02 Å². The summed E-state index contributed by atoms with van der Waals surface area (Å²) in [5.74, 6) is -0.0898. The molecule has 0 aliphatic carbocycles. The van der Waals surface area contributed by atoms with Crippen LogP contribution in [0.15, 0.2) is 24.3 Å². The number of carbonyl (C=O) groups excluding carboxylic acids is 1. The molecule has 1 saturated heterocycles. The van der Waals surface area contributed by atoms with Crippen molar-refractivity contribution >= 4 is 17.5 Å². The van der Waals surface area contributed by atoms with Gasteiger partial charge in [0.05, 0.1) is 12.6 Å². The smallest absolute Gasteiger partial charge is 0.251 e. The summed E-state index contributed by atoms with van der Waals surface area (Å²) in [5, 5.41) is 3.47. The zero-order chi connectivity index (χ0) is 10.7. The largest absolute Gasteiger partial charge is 0.379 e. The van der Waals surface area contributed by atoms with E-state index in [0.29, 0.717) is 17.2 Å². The van der Waals surface area contributed by atoms with E-state index in [2.05, 4.69) is 5.32 Å². The van der Waals surface area contributed by atoms with Gasteiger partial charge < -0.3 is 10.1 Å². The molecule has 80 valence electrons. The van der Waals surface area contributed by atoms with Gasteiger partial charge in [-0.25, -0.2) is 0 Å². The molecule has 0 aromatic heterocycles. The second-order valence-electron chi connectivity index (χ2n) is 3.54. The van der Waals surface area contributed by atoms with E-state index in [1.165, 1.54) is 0 Å². The van der Waals surface area contributed by atoms with Crippen molar-refractivity contribution in [2.24, 2.45) is 0 Å². The lowest BCUT2D eigenvalue weighted by atomic mass is 10.2. The fraction of sp³-hybridized carbons (Fsp3) is 0.364. The minimum absolute atomic E-state index is 0.0898. The van der Waals surface area contributed by atoms with E-state index < -0.39 is 0 Å². The predicted molar refractivity (Wildman–Crippen MR) is 58.1 cm³/mol. The molecule has 1 unspecified atom stereocenters. The van der Waals surface area contributed by atoms with E-state index in [4.69, 9.17) is 16.3 Å². The Morgan fingerprint density at radius 2 is 2.40 bits per heavy atom. The topological polar surface area (TPSA) is 38.3 Å². The quantitative estimate of drug-likeness (QED) is 0.835. The molecule has 1 amide bonds. The third kappa shape index (κ3) is 2.70. The van der Waals surface area contributed by atoms with Crippen LogP contribution in [0.25, 0.3) is 0 Å². The van der Waals surface area contributed by atoms with Gasteiger partial charge in [0, 0.05) is 17.2 Å². The summed E-state index contributed by atoms with van der Waals surface area (Å²) in [5.41, 5.74) is 0.592. The molecule has 1 aromatic carbocycles. The normalized spacial score (nSPS) is 20.2. The summed E-state index contributed by atoms with van der Waals surface area (Å²) in [6, 6.07) is 7.06. The van der Waals surface area contributed by atoms with Gasteiger partial charge in [0.25, 0.3) is 5.91 Å². The van der Waals surface area contributed by atoms with E-state index in [9.17, 15) is 4.79 Å². The van der Waals surface area contributed by atoms with Crippen molar-refractivity contribution in [1.82, 2.24) is 5.32 Å². The summed E-state index contributed by atoms with van der Waals surface area (Å²) in [6.07, 6.45) is 0.881. The van der Waals surface area contributed by atoms with Crippen molar-refractivity contribution in [3.8, 4) is 0 Å². The van der Waals surface area contributed by atoms with Gasteiger partial charge in [-0.3, -0.25) is 4.79 Å². The second kappa shape index (κ2) is 4.64. The molecule has 1 aromatic rings. The van der Waals surface area contributed by atoms with Crippen LogP contribution < -0.4 is 5.32 Å². The third-order valence-corrected chi connectivity index (χ3v) is 2.59. The summed E-state index contributed by atoms with van der Waals surface area (Å²) >= 11 is 5.80. The lowest BCUT2D eigenvalue weighted by Gasteiger charge is -2.10. The SMILES string of the molecule is O=C(NC1CCOC1)c1cccc(Cl)c1. The van der Waals surface area contributed by atoms with Gasteiger partial charge in [-0.15, -0.1) is 0 Å². The molecule has 3 nitrogen and oxygen atoms in total. The van der Waals surface area contributed by atoms with Crippen LogP contribution in [-0.2, 0) is 4.74 Å². The molecule has 1 fully saturated rings. The predicted octanol–water partition coefficient (Wildman–Crippen LogP) is 1.86. The monoisotopic (exact) mass is 225 g/mol. The Balaban J connectivity index is 2.01. The Bertz CT molecular complexity index is 361. The van der Waals surface area contributed by atoms with Gasteiger partial charge in [0.2, 0.25) is 0 Å². The third-order valence-electron chi connectivity index (χ3n) is 2.35. The van der Waals surface area contributed by atoms with Gasteiger partial charge in [-0.2, -0.15) is 0 Å². The number of benzene rings is 1. The fourth-order valence-electron chi connectivity index (χ4n) is 1.55. The number of ether oxygens (including phenoxy) is 1. The Morgan fingerprint density at radius 1 is 1.53 bits per heavy atom. The Kier molecular flexibility index (Phi) is 3.23. The van der Waals surface area contributed by atoms with Crippen LogP contribution >= 0.6 is 11.6 Å². The molecule has 2 rings (SSSR count). The average molecular weight is 226 g/mol. The highest BCUT2D eigenvalue weighted by Gasteiger charge is 2.18. The number of nitrogens with one attached hydrogen (secondary N) is 1. The van der Waals surface area contributed by atoms with Gasteiger partial charge in [0.1, 0.15) is 0 Å². The lowest BCUT2D eigenvalue weighted by molar-refractivity contribution is 0.0930. The highest BCUT2D eigenvalue weighted by atomic mass is 35.5. The number of carbonyl (C=O) groups is 1. The van der Waals surface area contributed by atoms with Crippen molar-refractivity contribution in [2.75, 3.05) is 13.2 Å². The van der Waals surface area contributed by atoms with Gasteiger partial charge in [-0.05, 0) is 24.6 Å². The molecule has 1 N–H and O–H groups in total. The van der Waals surface area contributed by atoms with Crippen LogP contribution in [0, 0.1) is 0 Å². The Morgan fingerprint density at radius 3 is 3.07 bits per heavy atom. The molecule has 1 aliphatic rings. The number of hydrogen-bond donors (Lipinski definition) is 1. The molecule has 0 spiro atoms. The summed E-state index contributed by atoms with van der Waals surface area (Å²) in [4.78, 5) is 11.7. The Hall–Kier alpha value is -1.06. The molecule has 1 aliphatic heterocycles. The van der Waals surface area contributed by atoms with Crippen molar-refractivity contribution in [3.63, 3.8) is 0 Å². The molecule has 0 bridgehead atoms. The highest BCUT2D eigenvalue weighted by Crippen LogP contribution is 2.11. The number of halogens is 1. The van der Waals surface area contributed by atoms with Crippen LogP contribution in [0.3, 0.4) is 0 Å². The molecule has 4 heteroatoms. The first-order valence-corrected chi connectivity index (χ1v) is 5.27. The van der Waals surface area contributed by atoms with Crippen molar-refractivity contribution in [2.45, 2.75) is 12.5 Å². The summed E-state index contributed by atoms with van der Waals surface area (Å²) < 4.78 is 5.18. The maximum Gasteiger partial charge on any atom is 0.251 e. The van der Waals surface area contributed by atoms with Crippen molar-refractivity contribution < 1.29 is 9.53 Å². The zero-order valence-corrected chi connectivity index (χ0v) is 8.96. The van der Waals surface area contributed by atoms with Crippen LogP contribution in [-0.4, -0.2) is 25.2 Å². The van der Waals surface area contributed by atoms with Gasteiger partial charge in [0.15, 0.2) is 0 Å². The first-order valence-electron chi connectivity index (χ1n) is 4.90. The van der Waals surface area contributed by atoms with E-state index in [-0.39, 0.29) is 11.9 Å². The highest BCUT2D eigenvalue weighted by molar-refractivity contribution is 6.30. The number of rotatable bonds is 2. The van der Waals surface area contributed by atoms with Gasteiger partial charge in [-0.1, -0.05) is 17.7 Å². The minimum atomic E-state index is -0.0898. The molecular weight excluding hydrogens is 214 g/mol. The lowest BCUT2D eigenvalue weighted by Crippen LogP contribution is -2.34. The van der Waals surface area contributed by atoms with Crippen molar-refractivity contribution in [3.05, 3.63) is 34.9 Å². The van der Waals surface area contributed by atoms with E-state index in [1.807, 2.05) is 0 Å². The summed E-state index contributed by atoms with van der Waals surface area (Å²) in [6.45, 7) is 1.33. The standard InChI is InChI=1S/C11H12ClNO2/c12-9-3-1-2-8(6-9)11(14)13-10-4-5-15-7-10/h1-3,6,10H,4-5,7H2,(H,13,14). The molecule has 15 heavy (non-hydrogen) atoms. The maximum absolute atomic E-state index is 11.7. The average Bonchev–Trinajstić information content (AvgIpc) is 2.70. The molecule has 0 radical (unpaired) electrons. The number of amides is 1. The molecular formula is C11H12ClNO2. The van der Waals surface area contributed by atoms with Crippen LogP contribution in [0.4, 0.5) is 0 Å². The first-order chi connectivity index (χ1) is 7.25. The maximum atomic E-state index is 11.7. The fourth-order valence-corrected chi connectivity index (χ4v) is 1.74. The minimum Gasteiger partial charge on any atom is -0.379 e. The molecule has 1 heterocycles. The van der Waals surface area contributed by atoms with E-state index >= 15 is 0 Å². The van der Waals surface area contributed by atoms with E-state index in [0.717, 1.165) is 13.0 Å². The second-order valence-corrected chi connectivity index (χ2v) is 3.98. The zero-order valence-electron chi connectivity index (χ0n) is 8.20. The van der Waals surface area contributed by atoms with Crippen LogP contribution in [0.1, 0.15) is 16.8 Å².